The van der Waals surface area contributed by atoms with Gasteiger partial charge in [0.25, 0.3) is 0 Å². The summed E-state index contributed by atoms with van der Waals surface area (Å²) in [5, 5.41) is 11.7. The highest BCUT2D eigenvalue weighted by molar-refractivity contribution is 5.90. The molecule has 124 valence electrons. The Kier molecular flexibility index (Phi) is 6.33. The fraction of sp³-hybridized carbons (Fsp3) is 0.714. The van der Waals surface area contributed by atoms with Gasteiger partial charge in [0.15, 0.2) is 0 Å². The van der Waals surface area contributed by atoms with Gasteiger partial charge in [0.1, 0.15) is 12.1 Å². The van der Waals surface area contributed by atoms with Gasteiger partial charge in [0.05, 0.1) is 0 Å². The molecular formula is C14H23N3O5. The molecule has 0 spiro atoms. The lowest BCUT2D eigenvalue weighted by Crippen LogP contribution is -2.53. The van der Waals surface area contributed by atoms with Crippen LogP contribution in [0, 0.1) is 0 Å². The minimum Gasteiger partial charge on any atom is -0.480 e. The topological polar surface area (TPSA) is 107 Å². The third-order valence-corrected chi connectivity index (χ3v) is 3.78. The lowest BCUT2D eigenvalue weighted by Gasteiger charge is -2.32. The molecule has 2 atom stereocenters. The van der Waals surface area contributed by atoms with Crippen LogP contribution in [-0.4, -0.2) is 70.3 Å². The Hall–Kier alpha value is -2.12. The Balaban J connectivity index is 2.84. The predicted molar refractivity (Wildman–Crippen MR) is 77.9 cm³/mol. The van der Waals surface area contributed by atoms with Crippen molar-refractivity contribution in [3.05, 3.63) is 0 Å². The highest BCUT2D eigenvalue weighted by Gasteiger charge is 2.37. The van der Waals surface area contributed by atoms with Gasteiger partial charge in [-0.25, -0.2) is 4.79 Å². The van der Waals surface area contributed by atoms with Crippen LogP contribution in [0.15, 0.2) is 0 Å². The largest absolute Gasteiger partial charge is 0.480 e. The first-order valence-electron chi connectivity index (χ1n) is 7.30. The SMILES string of the molecule is CC(=O)NCCN(C(=O)C1CCCN1C(C)=O)C(C)C(=O)O. The van der Waals surface area contributed by atoms with E-state index in [1.807, 2.05) is 0 Å². The number of rotatable bonds is 6. The Labute approximate surface area is 129 Å². The van der Waals surface area contributed by atoms with Crippen molar-refractivity contribution in [2.75, 3.05) is 19.6 Å². The molecule has 3 amide bonds. The van der Waals surface area contributed by atoms with Crippen molar-refractivity contribution >= 4 is 23.7 Å². The lowest BCUT2D eigenvalue weighted by atomic mass is 10.1. The first-order chi connectivity index (χ1) is 10.3. The first-order valence-corrected chi connectivity index (χ1v) is 7.30. The zero-order valence-electron chi connectivity index (χ0n) is 13.2. The number of carboxylic acid groups (broad SMARTS) is 1. The van der Waals surface area contributed by atoms with Crippen LogP contribution in [0.4, 0.5) is 0 Å². The summed E-state index contributed by atoms with van der Waals surface area (Å²) in [7, 11) is 0. The van der Waals surface area contributed by atoms with Crippen LogP contribution in [0.2, 0.25) is 0 Å². The van der Waals surface area contributed by atoms with E-state index in [1.54, 1.807) is 0 Å². The molecule has 0 aliphatic carbocycles. The van der Waals surface area contributed by atoms with Crippen LogP contribution >= 0.6 is 0 Å². The summed E-state index contributed by atoms with van der Waals surface area (Å²) in [6, 6.07) is -1.63. The number of amides is 3. The molecule has 0 bridgehead atoms. The fourth-order valence-electron chi connectivity index (χ4n) is 2.57. The molecule has 1 rings (SSSR count). The van der Waals surface area contributed by atoms with E-state index in [4.69, 9.17) is 5.11 Å². The Morgan fingerprint density at radius 2 is 1.95 bits per heavy atom. The van der Waals surface area contributed by atoms with Gasteiger partial charge in [0.2, 0.25) is 17.7 Å². The number of carbonyl (C=O) groups excluding carboxylic acids is 3. The van der Waals surface area contributed by atoms with Gasteiger partial charge >= 0.3 is 5.97 Å². The number of carboxylic acids is 1. The standard InChI is InChI=1S/C14H23N3O5/c1-9(14(21)22)16(8-6-15-10(2)18)13(20)12-5-4-7-17(12)11(3)19/h9,12H,4-8H2,1-3H3,(H,15,18)(H,21,22). The molecule has 0 aromatic rings. The molecule has 0 aromatic carbocycles. The molecule has 2 unspecified atom stereocenters. The van der Waals surface area contributed by atoms with Gasteiger partial charge in [-0.3, -0.25) is 14.4 Å². The third-order valence-electron chi connectivity index (χ3n) is 3.78. The highest BCUT2D eigenvalue weighted by Crippen LogP contribution is 2.20. The van der Waals surface area contributed by atoms with Crippen molar-refractivity contribution < 1.29 is 24.3 Å². The van der Waals surface area contributed by atoms with Gasteiger partial charge in [-0.1, -0.05) is 0 Å². The van der Waals surface area contributed by atoms with Crippen LogP contribution < -0.4 is 5.32 Å². The second-order valence-corrected chi connectivity index (χ2v) is 5.40. The van der Waals surface area contributed by atoms with Gasteiger partial charge in [0, 0.05) is 33.5 Å². The van der Waals surface area contributed by atoms with Crippen LogP contribution in [0.25, 0.3) is 0 Å². The second-order valence-electron chi connectivity index (χ2n) is 5.40. The molecule has 0 saturated carbocycles. The molecule has 8 heteroatoms. The lowest BCUT2D eigenvalue weighted by molar-refractivity contribution is -0.152. The zero-order chi connectivity index (χ0) is 16.9. The normalized spacial score (nSPS) is 18.7. The molecule has 0 radical (unpaired) electrons. The van der Waals surface area contributed by atoms with Gasteiger partial charge in [-0.2, -0.15) is 0 Å². The van der Waals surface area contributed by atoms with E-state index >= 15 is 0 Å². The summed E-state index contributed by atoms with van der Waals surface area (Å²) in [5.74, 6) is -1.95. The van der Waals surface area contributed by atoms with Crippen LogP contribution in [0.5, 0.6) is 0 Å². The second kappa shape index (κ2) is 7.77. The summed E-state index contributed by atoms with van der Waals surface area (Å²) in [6.07, 6.45) is 1.25. The summed E-state index contributed by atoms with van der Waals surface area (Å²) >= 11 is 0. The molecule has 1 heterocycles. The van der Waals surface area contributed by atoms with Gasteiger partial charge in [-0.05, 0) is 19.8 Å². The summed E-state index contributed by atoms with van der Waals surface area (Å²) < 4.78 is 0. The molecule has 1 aliphatic heterocycles. The van der Waals surface area contributed by atoms with Crippen molar-refractivity contribution in [3.8, 4) is 0 Å². The minimum absolute atomic E-state index is 0.0914. The Bertz CT molecular complexity index is 465. The number of nitrogens with one attached hydrogen (secondary N) is 1. The molecule has 2 N–H and O–H groups in total. The van der Waals surface area contributed by atoms with E-state index in [0.717, 1.165) is 6.42 Å². The third kappa shape index (κ3) is 4.44. The minimum atomic E-state index is -1.12. The molecule has 1 saturated heterocycles. The maximum atomic E-state index is 12.6. The van der Waals surface area contributed by atoms with E-state index in [0.29, 0.717) is 13.0 Å². The average molecular weight is 313 g/mol. The number of likely N-dealkylation sites (tertiary alicyclic amines) is 1. The van der Waals surface area contributed by atoms with Crippen molar-refractivity contribution in [1.82, 2.24) is 15.1 Å². The first kappa shape index (κ1) is 17.9. The summed E-state index contributed by atoms with van der Waals surface area (Å²) in [4.78, 5) is 49.0. The predicted octanol–water partition coefficient (Wildman–Crippen LogP) is -0.565. The van der Waals surface area contributed by atoms with E-state index < -0.39 is 18.1 Å². The molecular weight excluding hydrogens is 290 g/mol. The van der Waals surface area contributed by atoms with Crippen LogP contribution in [0.3, 0.4) is 0 Å². The van der Waals surface area contributed by atoms with Crippen molar-refractivity contribution in [2.24, 2.45) is 0 Å². The number of carbonyl (C=O) groups is 4. The molecule has 22 heavy (non-hydrogen) atoms. The summed E-state index contributed by atoms with van der Waals surface area (Å²) in [5.41, 5.74) is 0. The number of hydrogen-bond acceptors (Lipinski definition) is 4. The van der Waals surface area contributed by atoms with Crippen LogP contribution in [0.1, 0.15) is 33.6 Å². The zero-order valence-corrected chi connectivity index (χ0v) is 13.2. The Morgan fingerprint density at radius 3 is 2.45 bits per heavy atom. The van der Waals surface area contributed by atoms with Crippen molar-refractivity contribution in [3.63, 3.8) is 0 Å². The molecule has 1 aliphatic rings. The number of aliphatic carboxylic acids is 1. The molecule has 8 nitrogen and oxygen atoms in total. The van der Waals surface area contributed by atoms with Crippen LogP contribution in [-0.2, 0) is 19.2 Å². The maximum Gasteiger partial charge on any atom is 0.326 e. The van der Waals surface area contributed by atoms with Crippen molar-refractivity contribution in [2.45, 2.75) is 45.7 Å². The van der Waals surface area contributed by atoms with E-state index in [-0.39, 0.29) is 30.8 Å². The quantitative estimate of drug-likeness (QED) is 0.683. The van der Waals surface area contributed by atoms with E-state index in [9.17, 15) is 19.2 Å². The Morgan fingerprint density at radius 1 is 1.32 bits per heavy atom. The molecule has 0 aromatic heterocycles. The van der Waals surface area contributed by atoms with E-state index in [1.165, 1.54) is 30.6 Å². The van der Waals surface area contributed by atoms with E-state index in [2.05, 4.69) is 5.32 Å². The monoisotopic (exact) mass is 313 g/mol. The summed E-state index contributed by atoms with van der Waals surface area (Å²) in [6.45, 7) is 4.93. The van der Waals surface area contributed by atoms with Gasteiger partial charge < -0.3 is 20.2 Å². The van der Waals surface area contributed by atoms with Crippen molar-refractivity contribution in [1.29, 1.82) is 0 Å². The number of nitrogens with zero attached hydrogens (tertiary/aromatic N) is 2. The van der Waals surface area contributed by atoms with Gasteiger partial charge in [-0.15, -0.1) is 0 Å². The maximum absolute atomic E-state index is 12.6. The smallest absolute Gasteiger partial charge is 0.326 e. The fourth-order valence-corrected chi connectivity index (χ4v) is 2.57. The molecule has 1 fully saturated rings. The number of hydrogen-bond donors (Lipinski definition) is 2. The highest BCUT2D eigenvalue weighted by atomic mass is 16.4. The average Bonchev–Trinajstić information content (AvgIpc) is 2.91.